The van der Waals surface area contributed by atoms with E-state index in [9.17, 15) is 26.4 Å². The summed E-state index contributed by atoms with van der Waals surface area (Å²) in [6, 6.07) is 4.26. The summed E-state index contributed by atoms with van der Waals surface area (Å²) in [4.78, 5) is 10.9. The van der Waals surface area contributed by atoms with Gasteiger partial charge in [0.1, 0.15) is 0 Å². The predicted octanol–water partition coefficient (Wildman–Crippen LogP) is 1.67. The molecule has 126 valence electrons. The maximum atomic E-state index is 12.5. The van der Waals surface area contributed by atoms with Crippen LogP contribution in [0.5, 0.6) is 0 Å². The van der Waals surface area contributed by atoms with Crippen molar-refractivity contribution in [3.8, 4) is 0 Å². The fourth-order valence-electron chi connectivity index (χ4n) is 2.92. The number of sulfonamides is 1. The average Bonchev–Trinajstić information content (AvgIpc) is 2.77. The molecule has 1 atom stereocenters. The van der Waals surface area contributed by atoms with Gasteiger partial charge in [-0.25, -0.2) is 8.42 Å². The van der Waals surface area contributed by atoms with Gasteiger partial charge in [0.25, 0.3) is 0 Å². The number of benzene rings is 1. The van der Waals surface area contributed by atoms with Crippen molar-refractivity contribution in [2.24, 2.45) is 11.8 Å². The van der Waals surface area contributed by atoms with Gasteiger partial charge in [0.2, 0.25) is 10.0 Å². The van der Waals surface area contributed by atoms with Crippen molar-refractivity contribution < 1.29 is 31.5 Å². The summed E-state index contributed by atoms with van der Waals surface area (Å²) in [5, 5.41) is 9.02. The van der Waals surface area contributed by atoms with Crippen LogP contribution in [0.2, 0.25) is 0 Å². The SMILES string of the molecule is O=C(O)C1Cc2ccc(S(=O)(=O)N3CC(C(F)(F)F)C3)cc2C1. The van der Waals surface area contributed by atoms with Crippen LogP contribution in [0.15, 0.2) is 23.1 Å². The molecule has 1 N–H and O–H groups in total. The highest BCUT2D eigenvalue weighted by Crippen LogP contribution is 2.37. The van der Waals surface area contributed by atoms with Crippen molar-refractivity contribution in [1.29, 1.82) is 0 Å². The predicted molar refractivity (Wildman–Crippen MR) is 73.3 cm³/mol. The highest BCUT2D eigenvalue weighted by Gasteiger charge is 2.51. The van der Waals surface area contributed by atoms with Crippen molar-refractivity contribution in [3.63, 3.8) is 0 Å². The lowest BCUT2D eigenvalue weighted by molar-refractivity contribution is -0.198. The summed E-state index contributed by atoms with van der Waals surface area (Å²) in [6.07, 6.45) is -3.82. The quantitative estimate of drug-likeness (QED) is 0.901. The van der Waals surface area contributed by atoms with E-state index in [2.05, 4.69) is 0 Å². The van der Waals surface area contributed by atoms with Gasteiger partial charge in [0.05, 0.1) is 16.7 Å². The van der Waals surface area contributed by atoms with E-state index >= 15 is 0 Å². The number of hydrogen-bond donors (Lipinski definition) is 1. The van der Waals surface area contributed by atoms with Gasteiger partial charge in [-0.2, -0.15) is 17.5 Å². The van der Waals surface area contributed by atoms with Gasteiger partial charge in [-0.05, 0) is 36.1 Å². The van der Waals surface area contributed by atoms with E-state index in [1.807, 2.05) is 0 Å². The van der Waals surface area contributed by atoms with Crippen LogP contribution in [-0.2, 0) is 27.7 Å². The normalized spacial score (nSPS) is 22.7. The van der Waals surface area contributed by atoms with E-state index in [1.54, 1.807) is 6.07 Å². The molecule has 3 rings (SSSR count). The molecule has 2 aliphatic rings. The molecule has 1 saturated heterocycles. The highest BCUT2D eigenvalue weighted by molar-refractivity contribution is 7.89. The van der Waals surface area contributed by atoms with E-state index in [1.165, 1.54) is 12.1 Å². The molecule has 5 nitrogen and oxygen atoms in total. The Kier molecular flexibility index (Phi) is 3.68. The summed E-state index contributed by atoms with van der Waals surface area (Å²) in [5.41, 5.74) is 1.40. The Bertz CT molecular complexity index is 754. The third-order valence-corrected chi connectivity index (χ3v) is 6.24. The molecule has 23 heavy (non-hydrogen) atoms. The Hall–Kier alpha value is -1.61. The fraction of sp³-hybridized carbons (Fsp3) is 0.500. The average molecular weight is 349 g/mol. The zero-order valence-electron chi connectivity index (χ0n) is 11.9. The number of nitrogens with zero attached hydrogens (tertiary/aromatic N) is 1. The molecular weight excluding hydrogens is 335 g/mol. The third kappa shape index (κ3) is 2.83. The van der Waals surface area contributed by atoms with Crippen molar-refractivity contribution in [2.45, 2.75) is 23.9 Å². The van der Waals surface area contributed by atoms with Crippen molar-refractivity contribution in [3.05, 3.63) is 29.3 Å². The summed E-state index contributed by atoms with van der Waals surface area (Å²) in [6.45, 7) is -1.14. The molecule has 1 aromatic carbocycles. The Morgan fingerprint density at radius 3 is 2.35 bits per heavy atom. The minimum atomic E-state index is -4.39. The monoisotopic (exact) mass is 349 g/mol. The number of hydrogen-bond acceptors (Lipinski definition) is 3. The second-order valence-electron chi connectivity index (χ2n) is 5.93. The first-order valence-electron chi connectivity index (χ1n) is 7.00. The minimum absolute atomic E-state index is 0.0806. The smallest absolute Gasteiger partial charge is 0.394 e. The first-order chi connectivity index (χ1) is 10.6. The van der Waals surface area contributed by atoms with Gasteiger partial charge in [0.15, 0.2) is 0 Å². The van der Waals surface area contributed by atoms with Crippen LogP contribution in [-0.4, -0.2) is 43.1 Å². The second-order valence-corrected chi connectivity index (χ2v) is 7.87. The molecule has 0 radical (unpaired) electrons. The highest BCUT2D eigenvalue weighted by atomic mass is 32.2. The molecule has 0 saturated carbocycles. The number of halogens is 3. The van der Waals surface area contributed by atoms with E-state index in [-0.39, 0.29) is 11.3 Å². The summed E-state index contributed by atoms with van der Waals surface area (Å²) >= 11 is 0. The topological polar surface area (TPSA) is 74.7 Å². The zero-order chi connectivity index (χ0) is 17.0. The van der Waals surface area contributed by atoms with Gasteiger partial charge in [-0.3, -0.25) is 4.79 Å². The van der Waals surface area contributed by atoms with Crippen LogP contribution in [0.4, 0.5) is 13.2 Å². The van der Waals surface area contributed by atoms with E-state index < -0.39 is 47.1 Å². The molecule has 1 aliphatic heterocycles. The first-order valence-corrected chi connectivity index (χ1v) is 8.44. The molecular formula is C14H14F3NO4S. The third-order valence-electron chi connectivity index (χ3n) is 4.41. The van der Waals surface area contributed by atoms with E-state index in [0.29, 0.717) is 12.0 Å². The molecule has 9 heteroatoms. The standard InChI is InChI=1S/C14H14F3NO4S/c15-14(16,17)11-6-18(7-11)23(21,22)12-2-1-8-3-10(13(19)20)4-9(8)5-12/h1-2,5,10-11H,3-4,6-7H2,(H,19,20). The number of carboxylic acids is 1. The van der Waals surface area contributed by atoms with Crippen LogP contribution in [0.1, 0.15) is 11.1 Å². The number of carbonyl (C=O) groups is 1. The lowest BCUT2D eigenvalue weighted by Crippen LogP contribution is -2.55. The summed E-state index contributed by atoms with van der Waals surface area (Å²) in [7, 11) is -3.97. The van der Waals surface area contributed by atoms with Gasteiger partial charge < -0.3 is 5.11 Å². The lowest BCUT2D eigenvalue weighted by Gasteiger charge is -2.38. The van der Waals surface area contributed by atoms with Gasteiger partial charge in [0, 0.05) is 13.1 Å². The molecule has 1 fully saturated rings. The molecule has 0 amide bonds. The summed E-state index contributed by atoms with van der Waals surface area (Å²) in [5.74, 6) is -3.15. The Morgan fingerprint density at radius 1 is 1.17 bits per heavy atom. The van der Waals surface area contributed by atoms with E-state index in [4.69, 9.17) is 5.11 Å². The maximum Gasteiger partial charge on any atom is 0.394 e. The van der Waals surface area contributed by atoms with Crippen LogP contribution < -0.4 is 0 Å². The van der Waals surface area contributed by atoms with Crippen LogP contribution >= 0.6 is 0 Å². The van der Waals surface area contributed by atoms with Crippen LogP contribution in [0, 0.1) is 11.8 Å². The zero-order valence-corrected chi connectivity index (χ0v) is 12.7. The van der Waals surface area contributed by atoms with Crippen LogP contribution in [0.25, 0.3) is 0 Å². The molecule has 0 spiro atoms. The molecule has 1 aromatic rings. The molecule has 1 heterocycles. The molecule has 1 aliphatic carbocycles. The minimum Gasteiger partial charge on any atom is -0.481 e. The van der Waals surface area contributed by atoms with Crippen molar-refractivity contribution in [2.75, 3.05) is 13.1 Å². The largest absolute Gasteiger partial charge is 0.481 e. The van der Waals surface area contributed by atoms with Gasteiger partial charge in [-0.1, -0.05) is 6.07 Å². The van der Waals surface area contributed by atoms with Crippen molar-refractivity contribution >= 4 is 16.0 Å². The second kappa shape index (κ2) is 5.20. The molecule has 0 aromatic heterocycles. The Labute approximate surface area is 130 Å². The van der Waals surface area contributed by atoms with Crippen molar-refractivity contribution in [1.82, 2.24) is 4.31 Å². The number of fused-ring (bicyclic) bond motifs is 1. The number of aliphatic carboxylic acids is 1. The Morgan fingerprint density at radius 2 is 1.78 bits per heavy atom. The van der Waals surface area contributed by atoms with Crippen LogP contribution in [0.3, 0.4) is 0 Å². The number of carboxylic acid groups (broad SMARTS) is 1. The first kappa shape index (κ1) is 16.3. The van der Waals surface area contributed by atoms with Gasteiger partial charge in [-0.15, -0.1) is 0 Å². The van der Waals surface area contributed by atoms with Gasteiger partial charge >= 0.3 is 12.1 Å². The summed E-state index contributed by atoms with van der Waals surface area (Å²) < 4.78 is 62.9. The number of rotatable bonds is 3. The maximum absolute atomic E-state index is 12.5. The fourth-order valence-corrected chi connectivity index (χ4v) is 4.50. The molecule has 1 unspecified atom stereocenters. The molecule has 0 bridgehead atoms. The lowest BCUT2D eigenvalue weighted by atomic mass is 10.0. The van der Waals surface area contributed by atoms with E-state index in [0.717, 1.165) is 9.87 Å². The Balaban J connectivity index is 1.79. The number of alkyl halides is 3.